The third kappa shape index (κ3) is 4.34. The van der Waals surface area contributed by atoms with Gasteiger partial charge >= 0.3 is 0 Å². The first kappa shape index (κ1) is 14.0. The van der Waals surface area contributed by atoms with Crippen molar-refractivity contribution in [1.29, 1.82) is 0 Å². The van der Waals surface area contributed by atoms with Crippen LogP contribution in [-0.4, -0.2) is 23.9 Å². The van der Waals surface area contributed by atoms with Gasteiger partial charge in [0.1, 0.15) is 5.82 Å². The highest BCUT2D eigenvalue weighted by atomic mass is 79.9. The molecule has 2 atom stereocenters. The molecule has 18 heavy (non-hydrogen) atoms. The number of rotatable bonds is 5. The molecule has 1 saturated heterocycles. The van der Waals surface area contributed by atoms with Gasteiger partial charge in [0.25, 0.3) is 0 Å². The number of aliphatic hydroxyl groups excluding tert-OH is 1. The Hall–Kier alpha value is -0.450. The molecule has 0 bridgehead atoms. The molecule has 1 heterocycles. The number of halogens is 2. The lowest BCUT2D eigenvalue weighted by atomic mass is 10.0. The second-order valence-corrected chi connectivity index (χ2v) is 5.76. The van der Waals surface area contributed by atoms with Crippen molar-refractivity contribution in [3.8, 4) is 0 Å². The van der Waals surface area contributed by atoms with Crippen molar-refractivity contribution >= 4 is 15.9 Å². The Morgan fingerprint density at radius 3 is 2.94 bits per heavy atom. The summed E-state index contributed by atoms with van der Waals surface area (Å²) in [6.45, 7) is 0.845. The van der Waals surface area contributed by atoms with Crippen LogP contribution in [-0.2, 0) is 11.2 Å². The Balaban J connectivity index is 1.80. The lowest BCUT2D eigenvalue weighted by molar-refractivity contribution is 0.0813. The predicted octanol–water partition coefficient (Wildman–Crippen LogP) is 3.45. The first-order chi connectivity index (χ1) is 8.63. The Morgan fingerprint density at radius 2 is 2.28 bits per heavy atom. The molecule has 2 nitrogen and oxygen atoms in total. The van der Waals surface area contributed by atoms with Crippen molar-refractivity contribution in [2.45, 2.75) is 44.3 Å². The van der Waals surface area contributed by atoms with Gasteiger partial charge in [-0.3, -0.25) is 0 Å². The molecule has 0 spiro atoms. The molecule has 2 rings (SSSR count). The van der Waals surface area contributed by atoms with Crippen LogP contribution in [0.3, 0.4) is 0 Å². The fourth-order valence-electron chi connectivity index (χ4n) is 2.35. The van der Waals surface area contributed by atoms with Crippen LogP contribution in [0.25, 0.3) is 0 Å². The SMILES string of the molecule is OC(CCC1CCCO1)Cc1cc(F)cc(Br)c1. The zero-order valence-corrected chi connectivity index (χ0v) is 11.8. The van der Waals surface area contributed by atoms with Crippen LogP contribution in [0.1, 0.15) is 31.2 Å². The summed E-state index contributed by atoms with van der Waals surface area (Å²) in [4.78, 5) is 0. The molecule has 1 aliphatic heterocycles. The number of hydrogen-bond donors (Lipinski definition) is 1. The Kier molecular flexibility index (Phi) is 5.15. The van der Waals surface area contributed by atoms with Crippen LogP contribution in [0.15, 0.2) is 22.7 Å². The van der Waals surface area contributed by atoms with E-state index in [2.05, 4.69) is 15.9 Å². The first-order valence-electron chi connectivity index (χ1n) is 6.38. The minimum absolute atomic E-state index is 0.272. The maximum absolute atomic E-state index is 13.2. The van der Waals surface area contributed by atoms with Crippen LogP contribution in [0.2, 0.25) is 0 Å². The molecule has 4 heteroatoms. The molecule has 0 saturated carbocycles. The van der Waals surface area contributed by atoms with Gasteiger partial charge in [-0.05, 0) is 55.9 Å². The largest absolute Gasteiger partial charge is 0.393 e. The van der Waals surface area contributed by atoms with E-state index in [1.807, 2.05) is 6.07 Å². The third-order valence-corrected chi connectivity index (χ3v) is 3.70. The van der Waals surface area contributed by atoms with Crippen molar-refractivity contribution in [3.05, 3.63) is 34.1 Å². The van der Waals surface area contributed by atoms with E-state index in [0.29, 0.717) is 23.4 Å². The fraction of sp³-hybridized carbons (Fsp3) is 0.571. The standard InChI is InChI=1S/C14H18BrFO2/c15-11-6-10(7-12(16)9-11)8-13(17)3-4-14-2-1-5-18-14/h6-7,9,13-14,17H,1-5,8H2. The van der Waals surface area contributed by atoms with Gasteiger partial charge in [0.2, 0.25) is 0 Å². The van der Waals surface area contributed by atoms with Crippen LogP contribution in [0, 0.1) is 5.82 Å². The van der Waals surface area contributed by atoms with Gasteiger partial charge in [-0.1, -0.05) is 15.9 Å². The molecular formula is C14H18BrFO2. The monoisotopic (exact) mass is 316 g/mol. The Labute approximate surface area is 115 Å². The highest BCUT2D eigenvalue weighted by molar-refractivity contribution is 9.10. The molecule has 100 valence electrons. The molecule has 1 aromatic carbocycles. The minimum Gasteiger partial charge on any atom is -0.393 e. The third-order valence-electron chi connectivity index (χ3n) is 3.24. The lowest BCUT2D eigenvalue weighted by Gasteiger charge is -2.14. The van der Waals surface area contributed by atoms with E-state index < -0.39 is 6.10 Å². The van der Waals surface area contributed by atoms with Crippen molar-refractivity contribution in [2.75, 3.05) is 6.61 Å². The van der Waals surface area contributed by atoms with Crippen molar-refractivity contribution in [1.82, 2.24) is 0 Å². The summed E-state index contributed by atoms with van der Waals surface area (Å²) in [6, 6.07) is 4.74. The van der Waals surface area contributed by atoms with Crippen LogP contribution in [0.5, 0.6) is 0 Å². The number of ether oxygens (including phenoxy) is 1. The Bertz CT molecular complexity index is 371. The number of hydrogen-bond acceptors (Lipinski definition) is 2. The van der Waals surface area contributed by atoms with E-state index in [-0.39, 0.29) is 5.82 Å². The van der Waals surface area contributed by atoms with E-state index >= 15 is 0 Å². The summed E-state index contributed by atoms with van der Waals surface area (Å²) in [7, 11) is 0. The summed E-state index contributed by atoms with van der Waals surface area (Å²) in [5.74, 6) is -0.272. The zero-order valence-electron chi connectivity index (χ0n) is 10.2. The van der Waals surface area contributed by atoms with Crippen molar-refractivity contribution in [2.24, 2.45) is 0 Å². The predicted molar refractivity (Wildman–Crippen MR) is 72.0 cm³/mol. The van der Waals surface area contributed by atoms with Crippen LogP contribution >= 0.6 is 15.9 Å². The summed E-state index contributed by atoms with van der Waals surface area (Å²) < 4.78 is 19.4. The van der Waals surface area contributed by atoms with Gasteiger partial charge in [0.05, 0.1) is 12.2 Å². The van der Waals surface area contributed by atoms with Crippen LogP contribution in [0.4, 0.5) is 4.39 Å². The van der Waals surface area contributed by atoms with Gasteiger partial charge in [0.15, 0.2) is 0 Å². The van der Waals surface area contributed by atoms with Gasteiger partial charge in [-0.15, -0.1) is 0 Å². The molecule has 1 fully saturated rings. The molecule has 1 aliphatic rings. The minimum atomic E-state index is -0.428. The molecule has 1 N–H and O–H groups in total. The molecular weight excluding hydrogens is 299 g/mol. The molecule has 0 aliphatic carbocycles. The van der Waals surface area contributed by atoms with Gasteiger partial charge < -0.3 is 9.84 Å². The lowest BCUT2D eigenvalue weighted by Crippen LogP contribution is -2.15. The highest BCUT2D eigenvalue weighted by Gasteiger charge is 2.17. The number of benzene rings is 1. The Morgan fingerprint density at radius 1 is 1.44 bits per heavy atom. The van der Waals surface area contributed by atoms with E-state index in [1.165, 1.54) is 12.1 Å². The average molecular weight is 317 g/mol. The van der Waals surface area contributed by atoms with Gasteiger partial charge in [-0.2, -0.15) is 0 Å². The molecule has 1 aromatic rings. The fourth-order valence-corrected chi connectivity index (χ4v) is 2.87. The average Bonchev–Trinajstić information content (AvgIpc) is 2.77. The van der Waals surface area contributed by atoms with Crippen molar-refractivity contribution in [3.63, 3.8) is 0 Å². The van der Waals surface area contributed by atoms with E-state index in [1.54, 1.807) is 0 Å². The zero-order chi connectivity index (χ0) is 13.0. The van der Waals surface area contributed by atoms with Crippen molar-refractivity contribution < 1.29 is 14.2 Å². The van der Waals surface area contributed by atoms with E-state index in [9.17, 15) is 9.50 Å². The second-order valence-electron chi connectivity index (χ2n) is 4.85. The van der Waals surface area contributed by atoms with Gasteiger partial charge in [-0.25, -0.2) is 4.39 Å². The first-order valence-corrected chi connectivity index (χ1v) is 7.17. The normalized spacial score (nSPS) is 21.2. The second kappa shape index (κ2) is 6.64. The highest BCUT2D eigenvalue weighted by Crippen LogP contribution is 2.20. The topological polar surface area (TPSA) is 29.5 Å². The number of aliphatic hydroxyl groups is 1. The van der Waals surface area contributed by atoms with Gasteiger partial charge in [0, 0.05) is 11.1 Å². The molecule has 0 aromatic heterocycles. The van der Waals surface area contributed by atoms with Crippen LogP contribution < -0.4 is 0 Å². The summed E-state index contributed by atoms with van der Waals surface area (Å²) >= 11 is 3.25. The van der Waals surface area contributed by atoms with E-state index in [0.717, 1.165) is 31.4 Å². The maximum atomic E-state index is 13.2. The van der Waals surface area contributed by atoms with E-state index in [4.69, 9.17) is 4.74 Å². The summed E-state index contributed by atoms with van der Waals surface area (Å²) in [5.41, 5.74) is 0.821. The maximum Gasteiger partial charge on any atom is 0.124 e. The summed E-state index contributed by atoms with van der Waals surface area (Å²) in [6.07, 6.45) is 4.18. The smallest absolute Gasteiger partial charge is 0.124 e. The molecule has 2 unspecified atom stereocenters. The quantitative estimate of drug-likeness (QED) is 0.901. The molecule has 0 amide bonds. The summed E-state index contributed by atoms with van der Waals surface area (Å²) in [5, 5.41) is 9.95. The molecule has 0 radical (unpaired) electrons.